The SMILES string of the molecule is COC(C)(C)C#Cc1nc(Cl)n(Cc2ccc(F)cc2)c1C(=O)C[C@@H](C)c1ccc(C(=O)O)cc1. The number of carboxylic acid groups (broad SMARTS) is 1. The minimum atomic E-state index is -1.01. The van der Waals surface area contributed by atoms with Crippen LogP contribution in [-0.4, -0.2) is 39.1 Å². The van der Waals surface area contributed by atoms with Crippen LogP contribution in [0.1, 0.15) is 70.8 Å². The number of aromatic carboxylic acids is 1. The van der Waals surface area contributed by atoms with E-state index < -0.39 is 11.6 Å². The summed E-state index contributed by atoms with van der Waals surface area (Å²) >= 11 is 6.43. The minimum Gasteiger partial charge on any atom is -0.478 e. The van der Waals surface area contributed by atoms with E-state index in [0.717, 1.165) is 11.1 Å². The smallest absolute Gasteiger partial charge is 0.335 e. The largest absolute Gasteiger partial charge is 0.478 e. The van der Waals surface area contributed by atoms with Gasteiger partial charge in [0.2, 0.25) is 5.28 Å². The van der Waals surface area contributed by atoms with Gasteiger partial charge in [-0.3, -0.25) is 4.79 Å². The van der Waals surface area contributed by atoms with Gasteiger partial charge in [0, 0.05) is 13.5 Å². The zero-order valence-electron chi connectivity index (χ0n) is 19.9. The Morgan fingerprint density at radius 1 is 1.17 bits per heavy atom. The summed E-state index contributed by atoms with van der Waals surface area (Å²) in [5.41, 5.74) is 1.48. The van der Waals surface area contributed by atoms with Crippen molar-refractivity contribution >= 4 is 23.4 Å². The van der Waals surface area contributed by atoms with Crippen LogP contribution in [0.2, 0.25) is 5.28 Å². The number of ketones is 1. The van der Waals surface area contributed by atoms with E-state index >= 15 is 0 Å². The monoisotopic (exact) mass is 496 g/mol. The number of rotatable bonds is 8. The molecule has 0 spiro atoms. The van der Waals surface area contributed by atoms with E-state index in [9.17, 15) is 14.0 Å². The number of carboxylic acids is 1. The molecule has 0 radical (unpaired) electrons. The van der Waals surface area contributed by atoms with Gasteiger partial charge >= 0.3 is 5.97 Å². The van der Waals surface area contributed by atoms with Crippen LogP contribution in [0.4, 0.5) is 4.39 Å². The number of aromatic nitrogens is 2. The number of hydrogen-bond donors (Lipinski definition) is 1. The molecule has 6 nitrogen and oxygen atoms in total. The highest BCUT2D eigenvalue weighted by molar-refractivity contribution is 6.29. The van der Waals surface area contributed by atoms with Crippen molar-refractivity contribution in [2.75, 3.05) is 7.11 Å². The third-order valence-corrected chi connectivity index (χ3v) is 5.94. The van der Waals surface area contributed by atoms with Crippen LogP contribution in [0.25, 0.3) is 0 Å². The molecule has 3 rings (SSSR count). The number of ether oxygens (including phenoxy) is 1. The number of methoxy groups -OCH3 is 1. The molecule has 1 aromatic heterocycles. The predicted molar refractivity (Wildman–Crippen MR) is 131 cm³/mol. The first-order chi connectivity index (χ1) is 16.5. The molecule has 0 amide bonds. The predicted octanol–water partition coefficient (Wildman–Crippen LogP) is 5.58. The Kier molecular flexibility index (Phi) is 8.11. The molecule has 0 bridgehead atoms. The first-order valence-electron chi connectivity index (χ1n) is 11.0. The van der Waals surface area contributed by atoms with E-state index in [0.29, 0.717) is 0 Å². The average molecular weight is 497 g/mol. The van der Waals surface area contributed by atoms with Gasteiger partial charge in [0.25, 0.3) is 0 Å². The number of halogens is 2. The molecular formula is C27H26ClFN2O4. The van der Waals surface area contributed by atoms with Crippen LogP contribution in [-0.2, 0) is 11.3 Å². The number of Topliss-reactive ketones (excluding diaryl/α,β-unsaturated/α-hetero) is 1. The zero-order chi connectivity index (χ0) is 25.8. The molecule has 35 heavy (non-hydrogen) atoms. The summed E-state index contributed by atoms with van der Waals surface area (Å²) in [5.74, 6) is 4.11. The van der Waals surface area contributed by atoms with E-state index in [2.05, 4.69) is 16.8 Å². The fourth-order valence-electron chi connectivity index (χ4n) is 3.42. The molecule has 8 heteroatoms. The van der Waals surface area contributed by atoms with Gasteiger partial charge < -0.3 is 14.4 Å². The van der Waals surface area contributed by atoms with Gasteiger partial charge in [-0.2, -0.15) is 0 Å². The van der Waals surface area contributed by atoms with Crippen molar-refractivity contribution in [1.29, 1.82) is 0 Å². The van der Waals surface area contributed by atoms with Gasteiger partial charge in [0.05, 0.1) is 12.1 Å². The Hall–Kier alpha value is -3.47. The fraction of sp³-hybridized carbons (Fsp3) is 0.296. The molecule has 0 saturated heterocycles. The van der Waals surface area contributed by atoms with E-state index in [1.807, 2.05) is 6.92 Å². The number of hydrogen-bond acceptors (Lipinski definition) is 4. The maximum atomic E-state index is 13.5. The molecule has 182 valence electrons. The summed E-state index contributed by atoms with van der Waals surface area (Å²) < 4.78 is 20.3. The molecule has 0 aliphatic heterocycles. The molecule has 2 aromatic carbocycles. The molecule has 0 fully saturated rings. The molecule has 0 aliphatic carbocycles. The standard InChI is InChI=1S/C27H26ClFN2O4/c1-17(19-7-9-20(10-8-19)25(33)34)15-23(32)24-22(13-14-27(2,3)35-4)30-26(28)31(24)16-18-5-11-21(29)12-6-18/h5-12,17H,15-16H2,1-4H3,(H,33,34)/t17-/m1/s1. The lowest BCUT2D eigenvalue weighted by Crippen LogP contribution is -2.19. The van der Waals surface area contributed by atoms with Gasteiger partial charge in [-0.15, -0.1) is 0 Å². The first kappa shape index (κ1) is 26.1. The second kappa shape index (κ2) is 10.9. The zero-order valence-corrected chi connectivity index (χ0v) is 20.7. The van der Waals surface area contributed by atoms with Crippen LogP contribution in [0.5, 0.6) is 0 Å². The third kappa shape index (κ3) is 6.56. The van der Waals surface area contributed by atoms with E-state index in [1.54, 1.807) is 42.7 Å². The van der Waals surface area contributed by atoms with E-state index in [-0.39, 0.29) is 52.7 Å². The fourth-order valence-corrected chi connectivity index (χ4v) is 3.65. The Bertz CT molecular complexity index is 1290. The van der Waals surface area contributed by atoms with Crippen LogP contribution in [0.15, 0.2) is 48.5 Å². The molecule has 0 saturated carbocycles. The van der Waals surface area contributed by atoms with Crippen molar-refractivity contribution in [1.82, 2.24) is 9.55 Å². The summed E-state index contributed by atoms with van der Waals surface area (Å²) in [6, 6.07) is 12.3. The minimum absolute atomic E-state index is 0.0932. The van der Waals surface area contributed by atoms with E-state index in [1.165, 1.54) is 31.4 Å². The molecular weight excluding hydrogens is 471 g/mol. The molecule has 1 N–H and O–H groups in total. The number of benzene rings is 2. The van der Waals surface area contributed by atoms with Crippen molar-refractivity contribution < 1.29 is 23.8 Å². The Balaban J connectivity index is 1.98. The molecule has 0 unspecified atom stereocenters. The highest BCUT2D eigenvalue weighted by Gasteiger charge is 2.24. The Morgan fingerprint density at radius 2 is 1.80 bits per heavy atom. The maximum Gasteiger partial charge on any atom is 0.335 e. The molecule has 3 aromatic rings. The molecule has 1 heterocycles. The lowest BCUT2D eigenvalue weighted by atomic mass is 9.93. The Labute approximate surface area is 208 Å². The van der Waals surface area contributed by atoms with Gasteiger partial charge in [-0.25, -0.2) is 14.2 Å². The topological polar surface area (TPSA) is 81.4 Å². The number of carbonyl (C=O) groups is 2. The highest BCUT2D eigenvalue weighted by Crippen LogP contribution is 2.26. The van der Waals surface area contributed by atoms with Crippen molar-refractivity contribution in [3.8, 4) is 11.8 Å². The van der Waals surface area contributed by atoms with Gasteiger partial charge in [0.15, 0.2) is 5.78 Å². The second-order valence-corrected chi connectivity index (χ2v) is 9.05. The van der Waals surface area contributed by atoms with Crippen LogP contribution < -0.4 is 0 Å². The van der Waals surface area contributed by atoms with Gasteiger partial charge in [-0.1, -0.05) is 37.1 Å². The van der Waals surface area contributed by atoms with Crippen molar-refractivity contribution in [2.45, 2.75) is 45.3 Å². The first-order valence-corrected chi connectivity index (χ1v) is 11.3. The molecule has 0 aliphatic rings. The quantitative estimate of drug-likeness (QED) is 0.325. The summed E-state index contributed by atoms with van der Waals surface area (Å²) in [7, 11) is 1.54. The van der Waals surface area contributed by atoms with Crippen molar-refractivity contribution in [3.63, 3.8) is 0 Å². The average Bonchev–Trinajstić information content (AvgIpc) is 3.14. The van der Waals surface area contributed by atoms with Gasteiger partial charge in [0.1, 0.15) is 22.8 Å². The van der Waals surface area contributed by atoms with Crippen LogP contribution in [0, 0.1) is 17.7 Å². The number of nitrogens with zero attached hydrogens (tertiary/aromatic N) is 2. The van der Waals surface area contributed by atoms with Crippen LogP contribution in [0.3, 0.4) is 0 Å². The number of imidazole rings is 1. The number of carbonyl (C=O) groups excluding carboxylic acids is 1. The van der Waals surface area contributed by atoms with Crippen molar-refractivity contribution in [2.24, 2.45) is 0 Å². The lowest BCUT2D eigenvalue weighted by molar-refractivity contribution is 0.0696. The normalized spacial score (nSPS) is 12.1. The second-order valence-electron chi connectivity index (χ2n) is 8.71. The third-order valence-electron chi connectivity index (χ3n) is 5.65. The highest BCUT2D eigenvalue weighted by atomic mass is 35.5. The van der Waals surface area contributed by atoms with Gasteiger partial charge in [-0.05, 0) is 72.7 Å². The van der Waals surface area contributed by atoms with E-state index in [4.69, 9.17) is 21.4 Å². The summed E-state index contributed by atoms with van der Waals surface area (Å²) in [6.45, 7) is 5.68. The summed E-state index contributed by atoms with van der Waals surface area (Å²) in [4.78, 5) is 29.0. The maximum absolute atomic E-state index is 13.5. The summed E-state index contributed by atoms with van der Waals surface area (Å²) in [5, 5.41) is 9.21. The van der Waals surface area contributed by atoms with Crippen LogP contribution >= 0.6 is 11.6 Å². The Morgan fingerprint density at radius 3 is 2.37 bits per heavy atom. The van der Waals surface area contributed by atoms with Crippen molar-refractivity contribution in [3.05, 3.63) is 87.7 Å². The lowest BCUT2D eigenvalue weighted by Gasteiger charge is -2.15. The summed E-state index contributed by atoms with van der Waals surface area (Å²) in [6.07, 6.45) is 0.125. The molecule has 1 atom stereocenters.